The Morgan fingerprint density at radius 1 is 1.27 bits per heavy atom. The molecule has 3 N–H and O–H groups in total. The summed E-state index contributed by atoms with van der Waals surface area (Å²) < 4.78 is 15.7. The Kier molecular flexibility index (Phi) is 7.86. The number of carbonyl (C=O) groups excluding carboxylic acids is 1. The molecule has 0 aromatic heterocycles. The van der Waals surface area contributed by atoms with Crippen molar-refractivity contribution in [2.45, 2.75) is 50.8 Å². The van der Waals surface area contributed by atoms with Crippen molar-refractivity contribution in [3.05, 3.63) is 27.7 Å². The van der Waals surface area contributed by atoms with Crippen LogP contribution in [0, 0.1) is 11.8 Å². The predicted octanol–water partition coefficient (Wildman–Crippen LogP) is 3.64. The van der Waals surface area contributed by atoms with Gasteiger partial charge in [0.1, 0.15) is 10.5 Å². The SMILES string of the molecule is CC(C)(C)[S+]([O-])NC(c1cc(Cl)c(Cl)cc1O)C1CCN(C(=O)[C@H]2CCNC2)CC1. The molecule has 1 amide bonds. The topological polar surface area (TPSA) is 87.7 Å². The summed E-state index contributed by atoms with van der Waals surface area (Å²) in [5.41, 5.74) is 0.590. The molecular formula is C21H31Cl2N3O3S. The average Bonchev–Trinajstić information content (AvgIpc) is 3.23. The molecule has 3 atom stereocenters. The quantitative estimate of drug-likeness (QED) is 0.565. The first kappa shape index (κ1) is 24.0. The molecule has 2 saturated heterocycles. The molecule has 1 aromatic carbocycles. The van der Waals surface area contributed by atoms with Gasteiger partial charge in [-0.1, -0.05) is 23.2 Å². The van der Waals surface area contributed by atoms with Gasteiger partial charge in [0.15, 0.2) is 0 Å². The summed E-state index contributed by atoms with van der Waals surface area (Å²) in [5, 5.41) is 14.4. The molecule has 30 heavy (non-hydrogen) atoms. The number of rotatable bonds is 5. The zero-order valence-electron chi connectivity index (χ0n) is 17.7. The minimum Gasteiger partial charge on any atom is -0.598 e. The van der Waals surface area contributed by atoms with Crippen LogP contribution < -0.4 is 10.0 Å². The third kappa shape index (κ3) is 5.56. The fraction of sp³-hybridized carbons (Fsp3) is 0.667. The van der Waals surface area contributed by atoms with Crippen molar-refractivity contribution in [1.29, 1.82) is 0 Å². The Balaban J connectivity index is 1.77. The van der Waals surface area contributed by atoms with Gasteiger partial charge in [0.25, 0.3) is 0 Å². The van der Waals surface area contributed by atoms with E-state index in [1.54, 1.807) is 6.07 Å². The van der Waals surface area contributed by atoms with E-state index in [-0.39, 0.29) is 34.6 Å². The molecule has 3 rings (SSSR count). The monoisotopic (exact) mass is 475 g/mol. The number of halogens is 2. The third-order valence-electron chi connectivity index (χ3n) is 5.93. The maximum Gasteiger partial charge on any atom is 0.227 e. The molecule has 2 fully saturated rings. The molecule has 2 aliphatic rings. The molecule has 1 aromatic rings. The lowest BCUT2D eigenvalue weighted by Crippen LogP contribution is -2.47. The maximum absolute atomic E-state index is 12.9. The Labute approximate surface area is 192 Å². The summed E-state index contributed by atoms with van der Waals surface area (Å²) >= 11 is 10.9. The number of nitrogens with zero attached hydrogens (tertiary/aromatic N) is 1. The molecule has 6 nitrogen and oxygen atoms in total. The summed E-state index contributed by atoms with van der Waals surface area (Å²) in [6.07, 6.45) is 2.40. The van der Waals surface area contributed by atoms with Crippen molar-refractivity contribution >= 4 is 40.5 Å². The van der Waals surface area contributed by atoms with Crippen LogP contribution in [-0.2, 0) is 16.2 Å². The number of hydrogen-bond donors (Lipinski definition) is 3. The highest BCUT2D eigenvalue weighted by Crippen LogP contribution is 2.40. The first-order valence-corrected chi connectivity index (χ1v) is 12.3. The molecule has 0 radical (unpaired) electrons. The second-order valence-corrected chi connectivity index (χ2v) is 12.0. The largest absolute Gasteiger partial charge is 0.598 e. The Morgan fingerprint density at radius 3 is 2.47 bits per heavy atom. The Bertz CT molecular complexity index is 761. The van der Waals surface area contributed by atoms with Crippen LogP contribution in [0.2, 0.25) is 10.0 Å². The van der Waals surface area contributed by atoms with Gasteiger partial charge in [-0.15, -0.1) is 4.72 Å². The summed E-state index contributed by atoms with van der Waals surface area (Å²) in [4.78, 5) is 14.7. The van der Waals surface area contributed by atoms with Gasteiger partial charge in [-0.05, 0) is 58.6 Å². The van der Waals surface area contributed by atoms with Crippen LogP contribution in [0.3, 0.4) is 0 Å². The molecule has 0 bridgehead atoms. The van der Waals surface area contributed by atoms with E-state index in [1.165, 1.54) is 6.07 Å². The standard InChI is InChI=1S/C21H31Cl2N3O3S/c1-21(2,3)30(29)25-19(15-10-16(22)17(23)11-18(15)27)13-5-8-26(9-6-13)20(28)14-4-7-24-12-14/h10-11,13-14,19,24-25,27H,4-9,12H2,1-3H3/t14-,19?,30?/m0/s1. The highest BCUT2D eigenvalue weighted by atomic mass is 35.5. The number of amides is 1. The molecule has 0 spiro atoms. The van der Waals surface area contributed by atoms with Gasteiger partial charge in [-0.2, -0.15) is 0 Å². The van der Waals surface area contributed by atoms with Crippen molar-refractivity contribution in [3.63, 3.8) is 0 Å². The fourth-order valence-electron chi connectivity index (χ4n) is 4.08. The minimum absolute atomic E-state index is 0.0309. The van der Waals surface area contributed by atoms with E-state index in [0.29, 0.717) is 23.7 Å². The van der Waals surface area contributed by atoms with Crippen molar-refractivity contribution < 1.29 is 14.5 Å². The van der Waals surface area contributed by atoms with Crippen LogP contribution >= 0.6 is 23.2 Å². The van der Waals surface area contributed by atoms with Gasteiger partial charge >= 0.3 is 0 Å². The van der Waals surface area contributed by atoms with Gasteiger partial charge in [0, 0.05) is 42.6 Å². The summed E-state index contributed by atoms with van der Waals surface area (Å²) in [7, 11) is 0. The average molecular weight is 476 g/mol. The van der Waals surface area contributed by atoms with Crippen molar-refractivity contribution in [2.24, 2.45) is 11.8 Å². The van der Waals surface area contributed by atoms with E-state index in [0.717, 1.165) is 32.4 Å². The number of phenolic OH excluding ortho intramolecular Hbond substituents is 1. The van der Waals surface area contributed by atoms with Crippen LogP contribution in [-0.4, -0.2) is 51.4 Å². The smallest absolute Gasteiger partial charge is 0.227 e. The Hall–Kier alpha value is -0.700. The number of nitrogens with one attached hydrogen (secondary N) is 2. The first-order chi connectivity index (χ1) is 14.1. The van der Waals surface area contributed by atoms with E-state index in [9.17, 15) is 14.5 Å². The van der Waals surface area contributed by atoms with E-state index in [4.69, 9.17) is 23.2 Å². The van der Waals surface area contributed by atoms with E-state index < -0.39 is 16.1 Å². The van der Waals surface area contributed by atoms with Gasteiger partial charge in [0.05, 0.1) is 22.0 Å². The van der Waals surface area contributed by atoms with E-state index >= 15 is 0 Å². The number of aromatic hydroxyl groups is 1. The number of benzene rings is 1. The molecule has 0 saturated carbocycles. The summed E-state index contributed by atoms with van der Waals surface area (Å²) in [6, 6.07) is 2.73. The highest BCUT2D eigenvalue weighted by molar-refractivity contribution is 7.90. The van der Waals surface area contributed by atoms with Gasteiger partial charge < -0.3 is 19.9 Å². The van der Waals surface area contributed by atoms with Crippen LogP contribution in [0.1, 0.15) is 51.6 Å². The zero-order valence-corrected chi connectivity index (χ0v) is 20.0. The molecule has 9 heteroatoms. The fourth-order valence-corrected chi connectivity index (χ4v) is 5.32. The first-order valence-electron chi connectivity index (χ1n) is 10.4. The van der Waals surface area contributed by atoms with Crippen molar-refractivity contribution in [3.8, 4) is 5.75 Å². The van der Waals surface area contributed by atoms with Crippen molar-refractivity contribution in [1.82, 2.24) is 14.9 Å². The minimum atomic E-state index is -1.34. The molecule has 2 aliphatic heterocycles. The lowest BCUT2D eigenvalue weighted by atomic mass is 9.85. The highest BCUT2D eigenvalue weighted by Gasteiger charge is 2.38. The van der Waals surface area contributed by atoms with Gasteiger partial charge in [0.2, 0.25) is 5.91 Å². The number of carbonyl (C=O) groups is 1. The number of piperidine rings is 1. The molecular weight excluding hydrogens is 445 g/mol. The third-order valence-corrected chi connectivity index (χ3v) is 8.23. The van der Waals surface area contributed by atoms with Crippen molar-refractivity contribution in [2.75, 3.05) is 26.2 Å². The zero-order chi connectivity index (χ0) is 22.1. The van der Waals surface area contributed by atoms with Gasteiger partial charge in [-0.3, -0.25) is 4.79 Å². The summed E-state index contributed by atoms with van der Waals surface area (Å²) in [6.45, 7) is 8.67. The molecule has 0 aliphatic carbocycles. The van der Waals surface area contributed by atoms with Crippen LogP contribution in [0.5, 0.6) is 5.75 Å². The maximum atomic E-state index is 12.9. The molecule has 168 valence electrons. The lowest BCUT2D eigenvalue weighted by Gasteiger charge is -2.38. The molecule has 2 heterocycles. The van der Waals surface area contributed by atoms with E-state index in [1.807, 2.05) is 25.7 Å². The second-order valence-electron chi connectivity index (χ2n) is 9.15. The number of phenols is 1. The van der Waals surface area contributed by atoms with Crippen LogP contribution in [0.4, 0.5) is 0 Å². The molecule has 2 unspecified atom stereocenters. The second kappa shape index (κ2) is 9.84. The normalized spacial score (nSPS) is 22.9. The number of likely N-dealkylation sites (tertiary alicyclic amines) is 1. The Morgan fingerprint density at radius 2 is 1.90 bits per heavy atom. The van der Waals surface area contributed by atoms with Crippen LogP contribution in [0.25, 0.3) is 0 Å². The summed E-state index contributed by atoms with van der Waals surface area (Å²) in [5.74, 6) is 0.426. The van der Waals surface area contributed by atoms with E-state index in [2.05, 4.69) is 10.0 Å². The predicted molar refractivity (Wildman–Crippen MR) is 122 cm³/mol. The number of hydrogen-bond acceptors (Lipinski definition) is 5. The van der Waals surface area contributed by atoms with Gasteiger partial charge in [-0.25, -0.2) is 0 Å². The lowest BCUT2D eigenvalue weighted by molar-refractivity contribution is -0.136. The van der Waals surface area contributed by atoms with Crippen LogP contribution in [0.15, 0.2) is 12.1 Å².